The molecule has 0 aliphatic carbocycles. The van der Waals surface area contributed by atoms with Gasteiger partial charge >= 0.3 is 0 Å². The van der Waals surface area contributed by atoms with Gasteiger partial charge in [-0.25, -0.2) is 0 Å². The van der Waals surface area contributed by atoms with Crippen molar-refractivity contribution in [2.75, 3.05) is 5.32 Å². The molecule has 1 N–H and O–H groups in total. The molecule has 0 aromatic carbocycles. The van der Waals surface area contributed by atoms with Gasteiger partial charge in [0, 0.05) is 24.1 Å². The van der Waals surface area contributed by atoms with Crippen molar-refractivity contribution in [3.63, 3.8) is 0 Å². The summed E-state index contributed by atoms with van der Waals surface area (Å²) in [6, 6.07) is 2.61. The number of aromatic nitrogens is 1. The molecular formula is C8H10N2. The third-order valence-electron chi connectivity index (χ3n) is 1.83. The maximum Gasteiger partial charge on any atom is 0.0406 e. The molecule has 0 fully saturated rings. The summed E-state index contributed by atoms with van der Waals surface area (Å²) in [4.78, 5) is 4.05. The van der Waals surface area contributed by atoms with Gasteiger partial charge < -0.3 is 5.32 Å². The minimum Gasteiger partial charge on any atom is -0.382 e. The van der Waals surface area contributed by atoms with Crippen molar-refractivity contribution in [1.82, 2.24) is 4.98 Å². The first-order chi connectivity index (χ1) is 4.86. The van der Waals surface area contributed by atoms with E-state index in [4.69, 9.17) is 0 Å². The Morgan fingerprint density at radius 1 is 1.70 bits per heavy atom. The highest BCUT2D eigenvalue weighted by atomic mass is 14.9. The van der Waals surface area contributed by atoms with Gasteiger partial charge in [0.15, 0.2) is 0 Å². The smallest absolute Gasteiger partial charge is 0.0406 e. The highest BCUT2D eigenvalue weighted by Gasteiger charge is 2.14. The van der Waals surface area contributed by atoms with Gasteiger partial charge in [-0.1, -0.05) is 0 Å². The van der Waals surface area contributed by atoms with Crippen LogP contribution in [0.4, 0.5) is 5.69 Å². The Kier molecular flexibility index (Phi) is 1.13. The van der Waals surface area contributed by atoms with Gasteiger partial charge in [0.25, 0.3) is 0 Å². The molecule has 10 heavy (non-hydrogen) atoms. The van der Waals surface area contributed by atoms with Crippen molar-refractivity contribution >= 4 is 5.69 Å². The van der Waals surface area contributed by atoms with Crippen LogP contribution in [0.15, 0.2) is 18.5 Å². The van der Waals surface area contributed by atoms with Crippen LogP contribution >= 0.6 is 0 Å². The third kappa shape index (κ3) is 0.764. The highest BCUT2D eigenvalue weighted by molar-refractivity contribution is 5.54. The van der Waals surface area contributed by atoms with Crippen LogP contribution in [0.3, 0.4) is 0 Å². The average molecular weight is 134 g/mol. The predicted octanol–water partition coefficient (Wildman–Crippen LogP) is 1.44. The first kappa shape index (κ1) is 5.71. The van der Waals surface area contributed by atoms with Crippen molar-refractivity contribution in [3.05, 3.63) is 24.0 Å². The molecule has 1 aliphatic rings. The fourth-order valence-electron chi connectivity index (χ4n) is 1.38. The van der Waals surface area contributed by atoms with E-state index in [0.717, 1.165) is 6.42 Å². The molecular weight excluding hydrogens is 124 g/mol. The van der Waals surface area contributed by atoms with Gasteiger partial charge in [0.05, 0.1) is 0 Å². The largest absolute Gasteiger partial charge is 0.382 e. The molecule has 0 saturated heterocycles. The van der Waals surface area contributed by atoms with Crippen LogP contribution in [0, 0.1) is 0 Å². The van der Waals surface area contributed by atoms with E-state index >= 15 is 0 Å². The molecule has 2 nitrogen and oxygen atoms in total. The highest BCUT2D eigenvalue weighted by Crippen LogP contribution is 2.23. The summed E-state index contributed by atoms with van der Waals surface area (Å²) in [5, 5.41) is 3.36. The quantitative estimate of drug-likeness (QED) is 0.580. The molecule has 0 radical (unpaired) electrons. The van der Waals surface area contributed by atoms with E-state index in [-0.39, 0.29) is 0 Å². The second kappa shape index (κ2) is 1.97. The standard InChI is InChI=1S/C8H10N2/c1-6-4-7-5-9-3-2-8(7)10-6/h2-3,5-6,10H,4H2,1H3/t6-/m1/s1. The summed E-state index contributed by atoms with van der Waals surface area (Å²) in [5.41, 5.74) is 2.59. The van der Waals surface area contributed by atoms with Crippen molar-refractivity contribution in [1.29, 1.82) is 0 Å². The lowest BCUT2D eigenvalue weighted by Crippen LogP contribution is -2.08. The van der Waals surface area contributed by atoms with Crippen LogP contribution < -0.4 is 5.32 Å². The van der Waals surface area contributed by atoms with E-state index in [1.165, 1.54) is 11.3 Å². The number of hydrogen-bond acceptors (Lipinski definition) is 2. The minimum absolute atomic E-state index is 0.583. The van der Waals surface area contributed by atoms with Crippen LogP contribution in [0.2, 0.25) is 0 Å². The van der Waals surface area contributed by atoms with Gasteiger partial charge in [-0.05, 0) is 25.0 Å². The van der Waals surface area contributed by atoms with Gasteiger partial charge in [0.2, 0.25) is 0 Å². The fourth-order valence-corrected chi connectivity index (χ4v) is 1.38. The summed E-state index contributed by atoms with van der Waals surface area (Å²) >= 11 is 0. The lowest BCUT2D eigenvalue weighted by Gasteiger charge is -2.00. The molecule has 2 rings (SSSR count). The van der Waals surface area contributed by atoms with E-state index < -0.39 is 0 Å². The molecule has 0 saturated carbocycles. The van der Waals surface area contributed by atoms with Gasteiger partial charge in [-0.2, -0.15) is 0 Å². The summed E-state index contributed by atoms with van der Waals surface area (Å²) in [5.74, 6) is 0. The number of nitrogens with zero attached hydrogens (tertiary/aromatic N) is 1. The Hall–Kier alpha value is -1.05. The van der Waals surface area contributed by atoms with Crippen molar-refractivity contribution in [2.45, 2.75) is 19.4 Å². The molecule has 0 spiro atoms. The Balaban J connectivity index is 2.42. The number of pyridine rings is 1. The number of rotatable bonds is 0. The number of anilines is 1. The zero-order valence-electron chi connectivity index (χ0n) is 5.96. The lowest BCUT2D eigenvalue weighted by molar-refractivity contribution is 0.837. The van der Waals surface area contributed by atoms with Gasteiger partial charge in [0.1, 0.15) is 0 Å². The maximum absolute atomic E-state index is 4.05. The second-order valence-corrected chi connectivity index (χ2v) is 2.78. The maximum atomic E-state index is 4.05. The molecule has 0 amide bonds. The first-order valence-corrected chi connectivity index (χ1v) is 3.55. The summed E-state index contributed by atoms with van der Waals surface area (Å²) in [6.45, 7) is 2.18. The van der Waals surface area contributed by atoms with Crippen molar-refractivity contribution in [2.24, 2.45) is 0 Å². The first-order valence-electron chi connectivity index (χ1n) is 3.55. The van der Waals surface area contributed by atoms with Crippen LogP contribution in [0.1, 0.15) is 12.5 Å². The number of nitrogens with one attached hydrogen (secondary N) is 1. The van der Waals surface area contributed by atoms with E-state index in [2.05, 4.69) is 17.2 Å². The molecule has 52 valence electrons. The average Bonchev–Trinajstić information content (AvgIpc) is 2.27. The van der Waals surface area contributed by atoms with Crippen molar-refractivity contribution < 1.29 is 0 Å². The third-order valence-corrected chi connectivity index (χ3v) is 1.83. The zero-order valence-corrected chi connectivity index (χ0v) is 5.96. The van der Waals surface area contributed by atoms with E-state index in [1.807, 2.05) is 18.5 Å². The molecule has 0 bridgehead atoms. The Bertz CT molecular complexity index is 220. The Labute approximate surface area is 60.3 Å². The number of fused-ring (bicyclic) bond motifs is 1. The lowest BCUT2D eigenvalue weighted by atomic mass is 10.2. The molecule has 2 heteroatoms. The molecule has 1 aromatic rings. The minimum atomic E-state index is 0.583. The fraction of sp³-hybridized carbons (Fsp3) is 0.375. The molecule has 2 heterocycles. The van der Waals surface area contributed by atoms with Crippen LogP contribution in [-0.2, 0) is 6.42 Å². The normalized spacial score (nSPS) is 21.9. The molecule has 1 aromatic heterocycles. The summed E-state index contributed by atoms with van der Waals surface area (Å²) in [6.07, 6.45) is 4.87. The summed E-state index contributed by atoms with van der Waals surface area (Å²) < 4.78 is 0. The van der Waals surface area contributed by atoms with Gasteiger partial charge in [-0.15, -0.1) is 0 Å². The van der Waals surface area contributed by atoms with Crippen LogP contribution in [0.5, 0.6) is 0 Å². The Morgan fingerprint density at radius 3 is 3.40 bits per heavy atom. The predicted molar refractivity (Wildman–Crippen MR) is 41.0 cm³/mol. The van der Waals surface area contributed by atoms with E-state index in [9.17, 15) is 0 Å². The van der Waals surface area contributed by atoms with Gasteiger partial charge in [-0.3, -0.25) is 4.98 Å². The molecule has 1 aliphatic heterocycles. The Morgan fingerprint density at radius 2 is 2.60 bits per heavy atom. The summed E-state index contributed by atoms with van der Waals surface area (Å²) in [7, 11) is 0. The van der Waals surface area contributed by atoms with E-state index in [1.54, 1.807) is 0 Å². The SMILES string of the molecule is C[C@@H]1Cc2cnccc2N1. The molecule has 0 unspecified atom stereocenters. The second-order valence-electron chi connectivity index (χ2n) is 2.78. The zero-order chi connectivity index (χ0) is 6.97. The molecule has 1 atom stereocenters. The monoisotopic (exact) mass is 134 g/mol. The van der Waals surface area contributed by atoms with Crippen LogP contribution in [-0.4, -0.2) is 11.0 Å². The topological polar surface area (TPSA) is 24.9 Å². The van der Waals surface area contributed by atoms with E-state index in [0.29, 0.717) is 6.04 Å². The number of hydrogen-bond donors (Lipinski definition) is 1. The van der Waals surface area contributed by atoms with Crippen molar-refractivity contribution in [3.8, 4) is 0 Å². The van der Waals surface area contributed by atoms with Crippen LogP contribution in [0.25, 0.3) is 0 Å².